The molecule has 0 saturated carbocycles. The number of nitrogens with zero attached hydrogens (tertiary/aromatic N) is 6. The lowest BCUT2D eigenvalue weighted by Gasteiger charge is -2.35. The average molecular weight is 601 g/mol. The fraction of sp³-hybridized carbons (Fsp3) is 0.406. The Balaban J connectivity index is 1.18. The Morgan fingerprint density at radius 2 is 1.84 bits per heavy atom. The first-order chi connectivity index (χ1) is 20.7. The molecule has 2 aromatic carbocycles. The van der Waals surface area contributed by atoms with Crippen LogP contribution in [0, 0.1) is 0 Å². The summed E-state index contributed by atoms with van der Waals surface area (Å²) in [5.41, 5.74) is 4.52. The van der Waals surface area contributed by atoms with E-state index in [1.54, 1.807) is 9.80 Å². The number of carbonyl (C=O) groups is 2. The third-order valence-electron chi connectivity index (χ3n) is 8.25. The molecule has 226 valence electrons. The van der Waals surface area contributed by atoms with Crippen LogP contribution in [0.3, 0.4) is 0 Å². The number of aromatic nitrogens is 3. The van der Waals surface area contributed by atoms with E-state index >= 15 is 0 Å². The first-order valence-corrected chi connectivity index (χ1v) is 18.6. The molecule has 11 heteroatoms. The van der Waals surface area contributed by atoms with E-state index in [0.717, 1.165) is 46.5 Å². The van der Waals surface area contributed by atoms with Crippen LogP contribution in [0.4, 0.5) is 15.3 Å². The number of rotatable bonds is 9. The quantitative estimate of drug-likeness (QED) is 0.184. The first kappa shape index (κ1) is 29.0. The predicted octanol–water partition coefficient (Wildman–Crippen LogP) is 5.62. The van der Waals surface area contributed by atoms with E-state index in [0.29, 0.717) is 32.9 Å². The molecule has 0 unspecified atom stereocenters. The molecular weight excluding hydrogens is 560 g/mol. The molecule has 4 aromatic rings. The van der Waals surface area contributed by atoms with E-state index < -0.39 is 8.07 Å². The lowest BCUT2D eigenvalue weighted by atomic mass is 10.2. The zero-order valence-electron chi connectivity index (χ0n) is 25.4. The zero-order valence-corrected chi connectivity index (χ0v) is 26.4. The number of hydrogen-bond acceptors (Lipinski definition) is 5. The maximum Gasteiger partial charge on any atom is 0.410 e. The highest BCUT2D eigenvalue weighted by Crippen LogP contribution is 2.32. The highest BCUT2D eigenvalue weighted by atomic mass is 28.3. The molecule has 2 fully saturated rings. The van der Waals surface area contributed by atoms with Crippen LogP contribution in [0.1, 0.15) is 5.56 Å². The van der Waals surface area contributed by atoms with Crippen LogP contribution in [-0.2, 0) is 29.9 Å². The average Bonchev–Trinajstić information content (AvgIpc) is 3.68. The van der Waals surface area contributed by atoms with Gasteiger partial charge < -0.3 is 23.8 Å². The largest absolute Gasteiger partial charge is 0.445 e. The smallest absolute Gasteiger partial charge is 0.410 e. The molecule has 0 spiro atoms. The molecule has 43 heavy (non-hydrogen) atoms. The summed E-state index contributed by atoms with van der Waals surface area (Å²) < 4.78 is 15.9. The molecule has 2 saturated heterocycles. The molecule has 0 radical (unpaired) electrons. The van der Waals surface area contributed by atoms with E-state index in [2.05, 4.69) is 34.8 Å². The molecule has 1 atom stereocenters. The first-order valence-electron chi connectivity index (χ1n) is 14.9. The van der Waals surface area contributed by atoms with Gasteiger partial charge in [-0.15, -0.1) is 0 Å². The Kier molecular flexibility index (Phi) is 8.02. The lowest BCUT2D eigenvalue weighted by molar-refractivity contribution is 0.0682. The number of piperazine rings is 1. The van der Waals surface area contributed by atoms with Crippen molar-refractivity contribution >= 4 is 36.9 Å². The van der Waals surface area contributed by atoms with Crippen molar-refractivity contribution in [2.24, 2.45) is 7.05 Å². The summed E-state index contributed by atoms with van der Waals surface area (Å²) in [5, 5.41) is 0. The molecule has 2 aliphatic rings. The Bertz CT molecular complexity index is 1610. The van der Waals surface area contributed by atoms with Crippen molar-refractivity contribution in [3.8, 4) is 11.5 Å². The summed E-state index contributed by atoms with van der Waals surface area (Å²) in [6.45, 7) is 10.3. The van der Waals surface area contributed by atoms with Gasteiger partial charge in [0.2, 0.25) is 0 Å². The molecular formula is C32H40N6O4Si. The van der Waals surface area contributed by atoms with Crippen LogP contribution < -0.4 is 4.90 Å². The molecule has 6 rings (SSSR count). The van der Waals surface area contributed by atoms with Crippen molar-refractivity contribution in [2.75, 3.05) is 37.7 Å². The minimum atomic E-state index is -1.20. The second-order valence-corrected chi connectivity index (χ2v) is 18.2. The second-order valence-electron chi connectivity index (χ2n) is 12.6. The van der Waals surface area contributed by atoms with Gasteiger partial charge in [-0.3, -0.25) is 9.47 Å². The maximum absolute atomic E-state index is 13.5. The standard InChI is InChI=1S/C32H40N6O4Si/c1-34-14-8-11-29(34)30-33-27-19-25(12-13-28(27)38(30)23-41-17-18-43(2,3)4)37-21-26-20-35(15-16-36(26)31(37)39)32(40)42-22-24-9-6-5-7-10-24/h5-14,19,26H,15-18,20-23H2,1-4H3/t26-/m0/s1. The molecule has 3 amide bonds. The van der Waals surface area contributed by atoms with Crippen LogP contribution in [0.2, 0.25) is 25.7 Å². The van der Waals surface area contributed by atoms with Gasteiger partial charge in [-0.25, -0.2) is 14.6 Å². The highest BCUT2D eigenvalue weighted by Gasteiger charge is 2.42. The minimum absolute atomic E-state index is 0.0431. The molecule has 0 aliphatic carbocycles. The Hall–Kier alpha value is -4.09. The molecule has 0 N–H and O–H groups in total. The van der Waals surface area contributed by atoms with Gasteiger partial charge in [0.1, 0.15) is 13.3 Å². The van der Waals surface area contributed by atoms with Crippen LogP contribution in [-0.4, -0.2) is 82.9 Å². The van der Waals surface area contributed by atoms with E-state index in [1.807, 2.05) is 72.7 Å². The van der Waals surface area contributed by atoms with Crippen molar-refractivity contribution in [1.82, 2.24) is 23.9 Å². The van der Waals surface area contributed by atoms with Crippen LogP contribution in [0.25, 0.3) is 22.6 Å². The van der Waals surface area contributed by atoms with Gasteiger partial charge in [-0.2, -0.15) is 0 Å². The number of amides is 3. The molecule has 2 aromatic heterocycles. The molecule has 0 bridgehead atoms. The van der Waals surface area contributed by atoms with E-state index in [-0.39, 0.29) is 24.8 Å². The van der Waals surface area contributed by atoms with Gasteiger partial charge in [0, 0.05) is 59.8 Å². The van der Waals surface area contributed by atoms with Gasteiger partial charge in [0.25, 0.3) is 0 Å². The van der Waals surface area contributed by atoms with Gasteiger partial charge in [0.15, 0.2) is 5.82 Å². The monoisotopic (exact) mass is 600 g/mol. The van der Waals surface area contributed by atoms with Crippen molar-refractivity contribution in [1.29, 1.82) is 0 Å². The number of fused-ring (bicyclic) bond motifs is 2. The third-order valence-corrected chi connectivity index (χ3v) is 9.95. The Morgan fingerprint density at radius 3 is 2.58 bits per heavy atom. The van der Waals surface area contributed by atoms with E-state index in [1.165, 1.54) is 0 Å². The molecule has 10 nitrogen and oxygen atoms in total. The lowest BCUT2D eigenvalue weighted by Crippen LogP contribution is -2.53. The summed E-state index contributed by atoms with van der Waals surface area (Å²) in [7, 11) is 0.806. The van der Waals surface area contributed by atoms with Gasteiger partial charge in [0.05, 0.1) is 22.8 Å². The Labute approximate surface area is 253 Å². The van der Waals surface area contributed by atoms with E-state index in [4.69, 9.17) is 14.5 Å². The van der Waals surface area contributed by atoms with Crippen molar-refractivity contribution in [3.63, 3.8) is 0 Å². The van der Waals surface area contributed by atoms with Crippen LogP contribution in [0.5, 0.6) is 0 Å². The number of hydrogen-bond donors (Lipinski definition) is 0. The summed E-state index contributed by atoms with van der Waals surface area (Å²) in [6, 6.07) is 20.7. The summed E-state index contributed by atoms with van der Waals surface area (Å²) in [6.07, 6.45) is 1.66. The summed E-state index contributed by atoms with van der Waals surface area (Å²) in [4.78, 5) is 36.7. The molecule has 2 aliphatic heterocycles. The minimum Gasteiger partial charge on any atom is -0.445 e. The number of aryl methyl sites for hydroxylation is 1. The van der Waals surface area contributed by atoms with Gasteiger partial charge in [-0.1, -0.05) is 50.0 Å². The van der Waals surface area contributed by atoms with E-state index in [9.17, 15) is 9.59 Å². The number of benzene rings is 2. The van der Waals surface area contributed by atoms with Gasteiger partial charge >= 0.3 is 12.1 Å². The number of imidazole rings is 1. The maximum atomic E-state index is 13.5. The third kappa shape index (κ3) is 6.18. The number of anilines is 1. The zero-order chi connectivity index (χ0) is 30.1. The van der Waals surface area contributed by atoms with Crippen molar-refractivity contribution in [2.45, 2.75) is 45.1 Å². The summed E-state index contributed by atoms with van der Waals surface area (Å²) in [5.74, 6) is 0.836. The fourth-order valence-corrected chi connectivity index (χ4v) is 6.50. The van der Waals surface area contributed by atoms with Crippen LogP contribution >= 0.6 is 0 Å². The highest BCUT2D eigenvalue weighted by molar-refractivity contribution is 6.76. The molecule has 4 heterocycles. The van der Waals surface area contributed by atoms with Crippen LogP contribution in [0.15, 0.2) is 66.9 Å². The van der Waals surface area contributed by atoms with Crippen molar-refractivity contribution < 1.29 is 19.1 Å². The van der Waals surface area contributed by atoms with Crippen molar-refractivity contribution in [3.05, 3.63) is 72.4 Å². The van der Waals surface area contributed by atoms with Gasteiger partial charge in [-0.05, 0) is 41.9 Å². The number of ether oxygens (including phenoxy) is 2. The fourth-order valence-electron chi connectivity index (χ4n) is 5.74. The SMILES string of the molecule is Cn1cccc1-c1nc2cc(N3C[C@@H]4CN(C(=O)OCc5ccccc5)CCN4C3=O)ccc2n1COCC[Si](C)(C)C. The second kappa shape index (κ2) is 11.9. The summed E-state index contributed by atoms with van der Waals surface area (Å²) >= 11 is 0. The Morgan fingerprint density at radius 1 is 1.02 bits per heavy atom. The number of carbonyl (C=O) groups excluding carboxylic acids is 2. The number of urea groups is 1. The predicted molar refractivity (Wildman–Crippen MR) is 170 cm³/mol. The normalized spacial score (nSPS) is 17.2. The topological polar surface area (TPSA) is 85.1 Å².